The quantitative estimate of drug-likeness (QED) is 0.177. The molecule has 57 heavy (non-hydrogen) atoms. The molecule has 0 atom stereocenters. The molecule has 0 N–H and O–H groups in total. The van der Waals surface area contributed by atoms with Crippen LogP contribution in [0, 0.1) is 0 Å². The monoisotopic (exact) mass is 728 g/mol. The standard InChI is InChI=1S/C51H32N6/c1-4-16-33(17-5-1)49-52-50(34-18-6-2-7-19-34)54-51(53-49)57-43-26-14-11-23-38(43)40-30-31-45-47(48(40)57)41-24-12-15-27-44(41)56(45)36-28-29-39-37-22-10-13-25-42(37)55(46(39)32-36)35-20-8-3-9-21-35/h1-32H. The summed E-state index contributed by atoms with van der Waals surface area (Å²) in [6.45, 7) is 0. The number of rotatable bonds is 5. The van der Waals surface area contributed by atoms with Gasteiger partial charge in [-0.25, -0.2) is 4.98 Å². The average molecular weight is 729 g/mol. The van der Waals surface area contributed by atoms with Crippen molar-refractivity contribution in [3.05, 3.63) is 194 Å². The Bertz CT molecular complexity index is 3450. The molecule has 12 aromatic rings. The first kappa shape index (κ1) is 31.5. The molecule has 0 aliphatic carbocycles. The molecule has 0 unspecified atom stereocenters. The highest BCUT2D eigenvalue weighted by atomic mass is 15.2. The van der Waals surface area contributed by atoms with Crippen molar-refractivity contribution < 1.29 is 0 Å². The van der Waals surface area contributed by atoms with E-state index in [-0.39, 0.29) is 0 Å². The molecule has 0 spiro atoms. The zero-order valence-corrected chi connectivity index (χ0v) is 30.7. The second kappa shape index (κ2) is 12.3. The summed E-state index contributed by atoms with van der Waals surface area (Å²) in [6, 6.07) is 68.4. The van der Waals surface area contributed by atoms with Gasteiger partial charge in [-0.15, -0.1) is 0 Å². The van der Waals surface area contributed by atoms with Crippen LogP contribution in [-0.4, -0.2) is 28.7 Å². The van der Waals surface area contributed by atoms with Gasteiger partial charge in [0.05, 0.1) is 33.1 Å². The smallest absolute Gasteiger partial charge is 0.238 e. The van der Waals surface area contributed by atoms with Crippen molar-refractivity contribution in [2.75, 3.05) is 0 Å². The van der Waals surface area contributed by atoms with Gasteiger partial charge in [0.25, 0.3) is 0 Å². The number of para-hydroxylation sites is 4. The number of fused-ring (bicyclic) bond motifs is 10. The zero-order chi connectivity index (χ0) is 37.5. The van der Waals surface area contributed by atoms with E-state index in [0.29, 0.717) is 17.6 Å². The number of hydrogen-bond acceptors (Lipinski definition) is 3. The summed E-state index contributed by atoms with van der Waals surface area (Å²) in [6.07, 6.45) is 0. The molecule has 6 heteroatoms. The maximum Gasteiger partial charge on any atom is 0.238 e. The van der Waals surface area contributed by atoms with Gasteiger partial charge < -0.3 is 9.13 Å². The lowest BCUT2D eigenvalue weighted by atomic mass is 10.1. The Kier molecular flexibility index (Phi) is 6.83. The molecule has 0 aliphatic heterocycles. The SMILES string of the molecule is c1ccc(-c2nc(-c3ccccc3)nc(-n3c4ccccc4c4ccc5c(c6ccccc6n5-c5ccc6c7ccccc7n(-c7ccccc7)c6c5)c43)n2)cc1. The van der Waals surface area contributed by atoms with Gasteiger partial charge in [-0.3, -0.25) is 4.57 Å². The molecule has 12 rings (SSSR count). The van der Waals surface area contributed by atoms with Crippen LogP contribution in [0.2, 0.25) is 0 Å². The van der Waals surface area contributed by atoms with Crippen LogP contribution >= 0.6 is 0 Å². The molecule has 0 amide bonds. The second-order valence-electron chi connectivity index (χ2n) is 14.5. The summed E-state index contributed by atoms with van der Waals surface area (Å²) in [7, 11) is 0. The van der Waals surface area contributed by atoms with Crippen molar-refractivity contribution >= 4 is 65.4 Å². The second-order valence-corrected chi connectivity index (χ2v) is 14.5. The Hall–Kier alpha value is -7.83. The Labute approximate surface area is 327 Å². The minimum absolute atomic E-state index is 0.576. The average Bonchev–Trinajstić information content (AvgIpc) is 3.92. The van der Waals surface area contributed by atoms with Crippen LogP contribution in [0.15, 0.2) is 194 Å². The molecule has 266 valence electrons. The van der Waals surface area contributed by atoms with Crippen molar-refractivity contribution in [1.29, 1.82) is 0 Å². The minimum Gasteiger partial charge on any atom is -0.309 e. The predicted molar refractivity (Wildman–Crippen MR) is 234 cm³/mol. The van der Waals surface area contributed by atoms with E-state index in [4.69, 9.17) is 15.0 Å². The van der Waals surface area contributed by atoms with E-state index in [1.54, 1.807) is 0 Å². The molecule has 4 aromatic heterocycles. The Balaban J connectivity index is 1.19. The molecular weight excluding hydrogens is 697 g/mol. The van der Waals surface area contributed by atoms with Crippen LogP contribution in [0.4, 0.5) is 0 Å². The van der Waals surface area contributed by atoms with Crippen LogP contribution in [0.25, 0.3) is 106 Å². The van der Waals surface area contributed by atoms with E-state index in [1.807, 2.05) is 36.4 Å². The summed E-state index contributed by atoms with van der Waals surface area (Å²) < 4.78 is 7.05. The van der Waals surface area contributed by atoms with Crippen LogP contribution in [0.5, 0.6) is 0 Å². The molecular formula is C51H32N6. The summed E-state index contributed by atoms with van der Waals surface area (Å²) in [5, 5.41) is 7.04. The van der Waals surface area contributed by atoms with E-state index in [9.17, 15) is 0 Å². The van der Waals surface area contributed by atoms with E-state index in [2.05, 4.69) is 171 Å². The lowest BCUT2D eigenvalue weighted by molar-refractivity contribution is 0.955. The maximum absolute atomic E-state index is 5.25. The van der Waals surface area contributed by atoms with E-state index < -0.39 is 0 Å². The Morgan fingerprint density at radius 2 is 0.772 bits per heavy atom. The van der Waals surface area contributed by atoms with Crippen molar-refractivity contribution in [2.45, 2.75) is 0 Å². The largest absolute Gasteiger partial charge is 0.309 e. The van der Waals surface area contributed by atoms with Crippen molar-refractivity contribution in [1.82, 2.24) is 28.7 Å². The van der Waals surface area contributed by atoms with Gasteiger partial charge in [0, 0.05) is 54.8 Å². The predicted octanol–water partition coefficient (Wildman–Crippen LogP) is 12.5. The van der Waals surface area contributed by atoms with Crippen LogP contribution in [0.1, 0.15) is 0 Å². The number of aromatic nitrogens is 6. The van der Waals surface area contributed by atoms with Gasteiger partial charge in [-0.1, -0.05) is 146 Å². The fraction of sp³-hybridized carbons (Fsp3) is 0. The molecule has 4 heterocycles. The molecule has 0 saturated carbocycles. The van der Waals surface area contributed by atoms with E-state index in [0.717, 1.165) is 71.6 Å². The van der Waals surface area contributed by atoms with Crippen LogP contribution in [0.3, 0.4) is 0 Å². The van der Waals surface area contributed by atoms with Crippen molar-refractivity contribution in [3.8, 4) is 40.1 Å². The normalized spacial score (nSPS) is 11.9. The number of benzene rings is 8. The first-order valence-electron chi connectivity index (χ1n) is 19.2. The fourth-order valence-corrected chi connectivity index (χ4v) is 8.85. The first-order valence-corrected chi connectivity index (χ1v) is 19.2. The summed E-state index contributed by atoms with van der Waals surface area (Å²) in [4.78, 5) is 15.5. The molecule has 8 aromatic carbocycles. The topological polar surface area (TPSA) is 53.5 Å². The summed E-state index contributed by atoms with van der Waals surface area (Å²) in [5.41, 5.74) is 10.8. The zero-order valence-electron chi connectivity index (χ0n) is 30.7. The van der Waals surface area contributed by atoms with Gasteiger partial charge in [-0.05, 0) is 48.5 Å². The van der Waals surface area contributed by atoms with E-state index >= 15 is 0 Å². The summed E-state index contributed by atoms with van der Waals surface area (Å²) in [5.74, 6) is 1.83. The third-order valence-electron chi connectivity index (χ3n) is 11.3. The molecule has 0 saturated heterocycles. The maximum atomic E-state index is 5.25. The van der Waals surface area contributed by atoms with Gasteiger partial charge in [-0.2, -0.15) is 9.97 Å². The molecule has 0 radical (unpaired) electrons. The minimum atomic E-state index is 0.576. The first-order chi connectivity index (χ1) is 28.3. The highest BCUT2D eigenvalue weighted by Crippen LogP contribution is 2.43. The highest BCUT2D eigenvalue weighted by molar-refractivity contribution is 6.26. The lowest BCUT2D eigenvalue weighted by Crippen LogP contribution is -2.06. The molecule has 6 nitrogen and oxygen atoms in total. The van der Waals surface area contributed by atoms with Gasteiger partial charge in [0.15, 0.2) is 11.6 Å². The number of nitrogens with zero attached hydrogens (tertiary/aromatic N) is 6. The molecule has 0 bridgehead atoms. The number of hydrogen-bond donors (Lipinski definition) is 0. The Morgan fingerprint density at radius 3 is 1.42 bits per heavy atom. The highest BCUT2D eigenvalue weighted by Gasteiger charge is 2.23. The van der Waals surface area contributed by atoms with Gasteiger partial charge >= 0.3 is 0 Å². The van der Waals surface area contributed by atoms with Crippen LogP contribution in [-0.2, 0) is 0 Å². The van der Waals surface area contributed by atoms with Crippen molar-refractivity contribution in [2.24, 2.45) is 0 Å². The van der Waals surface area contributed by atoms with Crippen LogP contribution < -0.4 is 0 Å². The lowest BCUT2D eigenvalue weighted by Gasteiger charge is -2.12. The third kappa shape index (κ3) is 4.74. The third-order valence-corrected chi connectivity index (χ3v) is 11.3. The van der Waals surface area contributed by atoms with Gasteiger partial charge in [0.2, 0.25) is 5.95 Å². The molecule has 0 fully saturated rings. The van der Waals surface area contributed by atoms with Gasteiger partial charge in [0.1, 0.15) is 0 Å². The Morgan fingerprint density at radius 1 is 0.298 bits per heavy atom. The fourth-order valence-electron chi connectivity index (χ4n) is 8.85. The molecule has 0 aliphatic rings. The van der Waals surface area contributed by atoms with Crippen molar-refractivity contribution in [3.63, 3.8) is 0 Å². The van der Waals surface area contributed by atoms with E-state index in [1.165, 1.54) is 16.3 Å². The summed E-state index contributed by atoms with van der Waals surface area (Å²) >= 11 is 0.